The van der Waals surface area contributed by atoms with E-state index in [1.54, 1.807) is 54.3 Å². The highest BCUT2D eigenvalue weighted by Gasteiger charge is 2.23. The summed E-state index contributed by atoms with van der Waals surface area (Å²) in [6.07, 6.45) is 4.55. The van der Waals surface area contributed by atoms with E-state index in [1.165, 1.54) is 37.6 Å². The van der Waals surface area contributed by atoms with Gasteiger partial charge in [-0.3, -0.25) is 30.4 Å². The van der Waals surface area contributed by atoms with Crippen LogP contribution < -0.4 is 14.9 Å². The zero-order valence-corrected chi connectivity index (χ0v) is 22.5. The van der Waals surface area contributed by atoms with Crippen molar-refractivity contribution in [3.8, 4) is 5.75 Å². The first kappa shape index (κ1) is 28.1. The first-order chi connectivity index (χ1) is 19.1. The SMILES string of the molecule is COc1ccccc1NS(=O)(=O)c1ccc(N/N=C/c2ccc(Sc3nccn3C)c([N+](=O)[O-])c2)c([N+](=O)[O-])c1. The minimum atomic E-state index is -4.19. The second kappa shape index (κ2) is 11.8. The number of hydrogen-bond donors (Lipinski definition) is 2. The Morgan fingerprint density at radius 2 is 1.77 bits per heavy atom. The van der Waals surface area contributed by atoms with Gasteiger partial charge in [-0.15, -0.1) is 0 Å². The topological polar surface area (TPSA) is 184 Å². The predicted octanol–water partition coefficient (Wildman–Crippen LogP) is 4.64. The van der Waals surface area contributed by atoms with Crippen LogP contribution >= 0.6 is 11.8 Å². The van der Waals surface area contributed by atoms with E-state index in [2.05, 4.69) is 20.2 Å². The lowest BCUT2D eigenvalue weighted by Crippen LogP contribution is -2.14. The number of nitro groups is 2. The second-order valence-electron chi connectivity index (χ2n) is 8.02. The molecule has 0 fully saturated rings. The summed E-state index contributed by atoms with van der Waals surface area (Å²) in [6, 6.07) is 14.0. The van der Waals surface area contributed by atoms with Gasteiger partial charge >= 0.3 is 0 Å². The number of nitrogens with zero attached hydrogens (tertiary/aromatic N) is 5. The standard InChI is InChI=1S/C24H21N7O7S2/c1-29-12-11-25-24(29)39-23-10-7-16(13-21(23)31(34)35)15-26-27-18-9-8-17(14-20(18)30(32)33)40(36,37)28-19-5-3-4-6-22(19)38-2/h3-15,27-28H,1-2H3/b26-15+. The maximum absolute atomic E-state index is 12.9. The van der Waals surface area contributed by atoms with Gasteiger partial charge in [0.05, 0.1) is 38.6 Å². The molecule has 0 aliphatic carbocycles. The number of sulfonamides is 1. The molecule has 3 aromatic carbocycles. The molecule has 0 spiro atoms. The Balaban J connectivity index is 1.54. The summed E-state index contributed by atoms with van der Waals surface area (Å²) in [5, 5.41) is 27.9. The van der Waals surface area contributed by atoms with Gasteiger partial charge in [0.2, 0.25) is 0 Å². The summed E-state index contributed by atoms with van der Waals surface area (Å²) in [5.41, 5.74) is 2.21. The summed E-state index contributed by atoms with van der Waals surface area (Å²) >= 11 is 1.13. The fraction of sp³-hybridized carbons (Fsp3) is 0.0833. The van der Waals surface area contributed by atoms with E-state index in [-0.39, 0.29) is 27.7 Å². The van der Waals surface area contributed by atoms with Gasteiger partial charge in [0.1, 0.15) is 11.4 Å². The first-order valence-corrected chi connectivity index (χ1v) is 13.6. The number of para-hydroxylation sites is 2. The number of rotatable bonds is 11. The molecule has 0 saturated carbocycles. The smallest absolute Gasteiger partial charge is 0.295 e. The van der Waals surface area contributed by atoms with E-state index < -0.39 is 25.6 Å². The van der Waals surface area contributed by atoms with Gasteiger partial charge in [0.15, 0.2) is 5.16 Å². The fourth-order valence-electron chi connectivity index (χ4n) is 3.43. The number of methoxy groups -OCH3 is 1. The highest BCUT2D eigenvalue weighted by molar-refractivity contribution is 7.99. The van der Waals surface area contributed by atoms with E-state index in [0.29, 0.717) is 15.6 Å². The number of aromatic nitrogens is 2. The molecule has 0 bridgehead atoms. The van der Waals surface area contributed by atoms with Gasteiger partial charge in [0, 0.05) is 37.1 Å². The molecule has 1 heterocycles. The highest BCUT2D eigenvalue weighted by atomic mass is 32.2. The van der Waals surface area contributed by atoms with Crippen molar-refractivity contribution >= 4 is 50.7 Å². The highest BCUT2D eigenvalue weighted by Crippen LogP contribution is 2.34. The minimum absolute atomic E-state index is 0.0889. The molecule has 0 amide bonds. The van der Waals surface area contributed by atoms with Crippen molar-refractivity contribution in [1.29, 1.82) is 0 Å². The van der Waals surface area contributed by atoms with Crippen LogP contribution in [-0.2, 0) is 17.1 Å². The molecule has 0 aliphatic rings. The summed E-state index contributed by atoms with van der Waals surface area (Å²) in [7, 11) is -1.04. The van der Waals surface area contributed by atoms with Crippen molar-refractivity contribution in [2.24, 2.45) is 12.1 Å². The van der Waals surface area contributed by atoms with Crippen molar-refractivity contribution in [2.45, 2.75) is 14.9 Å². The van der Waals surface area contributed by atoms with Crippen molar-refractivity contribution in [3.63, 3.8) is 0 Å². The summed E-state index contributed by atoms with van der Waals surface area (Å²) in [5.74, 6) is 0.275. The Kier molecular flexibility index (Phi) is 8.30. The largest absolute Gasteiger partial charge is 0.495 e. The van der Waals surface area contributed by atoms with Crippen LogP contribution in [-0.4, -0.2) is 41.1 Å². The van der Waals surface area contributed by atoms with Gasteiger partial charge < -0.3 is 9.30 Å². The molecule has 4 rings (SSSR count). The molecule has 40 heavy (non-hydrogen) atoms. The number of hydrazone groups is 1. The molecular weight excluding hydrogens is 562 g/mol. The van der Waals surface area contributed by atoms with E-state index in [1.807, 2.05) is 0 Å². The minimum Gasteiger partial charge on any atom is -0.495 e. The van der Waals surface area contributed by atoms with Crippen LogP contribution in [0.25, 0.3) is 0 Å². The van der Waals surface area contributed by atoms with Crippen molar-refractivity contribution in [3.05, 3.63) is 98.8 Å². The number of benzene rings is 3. The van der Waals surface area contributed by atoms with E-state index in [9.17, 15) is 28.6 Å². The molecule has 2 N–H and O–H groups in total. The zero-order valence-electron chi connectivity index (χ0n) is 20.9. The van der Waals surface area contributed by atoms with Crippen LogP contribution in [0.5, 0.6) is 5.75 Å². The maximum atomic E-state index is 12.9. The van der Waals surface area contributed by atoms with Crippen LogP contribution in [0.4, 0.5) is 22.7 Å². The lowest BCUT2D eigenvalue weighted by molar-refractivity contribution is -0.387. The Hall–Kier alpha value is -4.96. The van der Waals surface area contributed by atoms with Gasteiger partial charge in [0.25, 0.3) is 21.4 Å². The summed E-state index contributed by atoms with van der Waals surface area (Å²) in [4.78, 5) is 26.2. The number of aryl methyl sites for hydroxylation is 1. The number of anilines is 2. The molecule has 0 saturated heterocycles. The fourth-order valence-corrected chi connectivity index (χ4v) is 5.40. The van der Waals surface area contributed by atoms with Crippen molar-refractivity contribution < 1.29 is 23.0 Å². The molecule has 1 aromatic heterocycles. The van der Waals surface area contributed by atoms with E-state index >= 15 is 0 Å². The van der Waals surface area contributed by atoms with Gasteiger partial charge in [-0.1, -0.05) is 18.2 Å². The normalized spacial score (nSPS) is 11.3. The van der Waals surface area contributed by atoms with Crippen LogP contribution in [0, 0.1) is 20.2 Å². The molecule has 206 valence electrons. The monoisotopic (exact) mass is 583 g/mol. The Bertz CT molecular complexity index is 1720. The summed E-state index contributed by atoms with van der Waals surface area (Å²) < 4.78 is 35.0. The van der Waals surface area contributed by atoms with Gasteiger partial charge in [-0.05, 0) is 42.1 Å². The van der Waals surface area contributed by atoms with Crippen LogP contribution in [0.2, 0.25) is 0 Å². The average Bonchev–Trinajstić information content (AvgIpc) is 3.33. The molecular formula is C24H21N7O7S2. The van der Waals surface area contributed by atoms with E-state index in [4.69, 9.17) is 4.74 Å². The number of imidazole rings is 1. The van der Waals surface area contributed by atoms with E-state index in [0.717, 1.165) is 17.8 Å². The Morgan fingerprint density at radius 1 is 1.02 bits per heavy atom. The van der Waals surface area contributed by atoms with Crippen LogP contribution in [0.3, 0.4) is 0 Å². The van der Waals surface area contributed by atoms with Crippen molar-refractivity contribution in [1.82, 2.24) is 9.55 Å². The molecule has 0 atom stereocenters. The Labute approximate surface area is 232 Å². The Morgan fingerprint density at radius 3 is 2.45 bits per heavy atom. The number of nitro benzene ring substituents is 2. The van der Waals surface area contributed by atoms with Gasteiger partial charge in [-0.2, -0.15) is 5.10 Å². The lowest BCUT2D eigenvalue weighted by Gasteiger charge is -2.12. The average molecular weight is 584 g/mol. The number of hydrogen-bond acceptors (Lipinski definition) is 11. The summed E-state index contributed by atoms with van der Waals surface area (Å²) in [6.45, 7) is 0. The molecule has 4 aromatic rings. The molecule has 14 nitrogen and oxygen atoms in total. The van der Waals surface area contributed by atoms with Gasteiger partial charge in [-0.25, -0.2) is 13.4 Å². The molecule has 0 aliphatic heterocycles. The second-order valence-corrected chi connectivity index (χ2v) is 10.7. The lowest BCUT2D eigenvalue weighted by atomic mass is 10.2. The molecule has 0 radical (unpaired) electrons. The number of ether oxygens (including phenoxy) is 1. The zero-order chi connectivity index (χ0) is 28.9. The maximum Gasteiger partial charge on any atom is 0.295 e. The molecule has 16 heteroatoms. The third-order valence-corrected chi connectivity index (χ3v) is 7.89. The van der Waals surface area contributed by atoms with Crippen LogP contribution in [0.15, 0.2) is 93.1 Å². The third kappa shape index (κ3) is 6.36. The third-order valence-electron chi connectivity index (χ3n) is 5.38. The molecule has 0 unspecified atom stereocenters. The van der Waals surface area contributed by atoms with Crippen molar-refractivity contribution in [2.75, 3.05) is 17.3 Å². The predicted molar refractivity (Wildman–Crippen MR) is 149 cm³/mol. The first-order valence-electron chi connectivity index (χ1n) is 11.3. The quantitative estimate of drug-likeness (QED) is 0.143. The number of nitrogens with one attached hydrogen (secondary N) is 2. The van der Waals surface area contributed by atoms with Crippen LogP contribution in [0.1, 0.15) is 5.56 Å².